The first-order chi connectivity index (χ1) is 7.79. The highest BCUT2D eigenvalue weighted by molar-refractivity contribution is 5.82. The first-order valence-electron chi connectivity index (χ1n) is 5.32. The summed E-state index contributed by atoms with van der Waals surface area (Å²) in [5.41, 5.74) is 1.07. The molecule has 0 saturated heterocycles. The molecule has 2 aromatic carbocycles. The zero-order chi connectivity index (χ0) is 11.4. The Hall–Kier alpha value is -1.85. The van der Waals surface area contributed by atoms with Crippen LogP contribution in [0.1, 0.15) is 12.0 Å². The van der Waals surface area contributed by atoms with Gasteiger partial charge in [-0.2, -0.15) is 5.26 Å². The molecule has 1 N–H and O–H groups in total. The van der Waals surface area contributed by atoms with Gasteiger partial charge in [0.1, 0.15) is 0 Å². The van der Waals surface area contributed by atoms with E-state index in [9.17, 15) is 5.11 Å². The minimum absolute atomic E-state index is 0.187. The van der Waals surface area contributed by atoms with Crippen LogP contribution in [0.5, 0.6) is 0 Å². The summed E-state index contributed by atoms with van der Waals surface area (Å²) in [6.45, 7) is 0. The minimum atomic E-state index is -0.564. The first kappa shape index (κ1) is 10.7. The number of nitriles is 1. The molecule has 2 nitrogen and oxygen atoms in total. The molecule has 0 unspecified atom stereocenters. The summed E-state index contributed by atoms with van der Waals surface area (Å²) in [5.74, 6) is 0. The summed E-state index contributed by atoms with van der Waals surface area (Å²) in [7, 11) is 0. The van der Waals surface area contributed by atoms with E-state index in [1.165, 1.54) is 10.8 Å². The van der Waals surface area contributed by atoms with Crippen molar-refractivity contribution in [2.75, 3.05) is 0 Å². The Morgan fingerprint density at radius 2 is 1.88 bits per heavy atom. The number of hydrogen-bond acceptors (Lipinski definition) is 2. The van der Waals surface area contributed by atoms with Crippen molar-refractivity contribution in [3.63, 3.8) is 0 Å². The molecule has 0 aliphatic carbocycles. The minimum Gasteiger partial charge on any atom is -0.392 e. The van der Waals surface area contributed by atoms with Crippen LogP contribution in [0.25, 0.3) is 10.8 Å². The van der Waals surface area contributed by atoms with Crippen LogP contribution in [0.15, 0.2) is 42.5 Å². The molecule has 0 heterocycles. The smallest absolute Gasteiger partial charge is 0.0710 e. The molecule has 2 aromatic rings. The summed E-state index contributed by atoms with van der Waals surface area (Å²) in [5, 5.41) is 20.4. The third-order valence-electron chi connectivity index (χ3n) is 2.61. The molecular weight excluding hydrogens is 198 g/mol. The largest absolute Gasteiger partial charge is 0.392 e. The van der Waals surface area contributed by atoms with Crippen LogP contribution in [0.3, 0.4) is 0 Å². The van der Waals surface area contributed by atoms with Crippen LogP contribution < -0.4 is 0 Å². The van der Waals surface area contributed by atoms with Crippen molar-refractivity contribution >= 4 is 10.8 Å². The van der Waals surface area contributed by atoms with Crippen LogP contribution in [-0.4, -0.2) is 11.2 Å². The van der Waals surface area contributed by atoms with Crippen LogP contribution in [-0.2, 0) is 6.42 Å². The third kappa shape index (κ3) is 2.39. The lowest BCUT2D eigenvalue weighted by Gasteiger charge is -2.07. The predicted octanol–water partition coefficient (Wildman–Crippen LogP) is 2.66. The zero-order valence-electron chi connectivity index (χ0n) is 8.93. The normalized spacial score (nSPS) is 12.2. The monoisotopic (exact) mass is 211 g/mol. The second-order valence-electron chi connectivity index (χ2n) is 3.90. The van der Waals surface area contributed by atoms with Gasteiger partial charge in [-0.15, -0.1) is 0 Å². The Morgan fingerprint density at radius 3 is 2.62 bits per heavy atom. The van der Waals surface area contributed by atoms with E-state index >= 15 is 0 Å². The quantitative estimate of drug-likeness (QED) is 0.848. The molecule has 0 aliphatic rings. The molecule has 0 saturated carbocycles. The lowest BCUT2D eigenvalue weighted by molar-refractivity contribution is 0.180. The number of nitrogens with zero attached hydrogens (tertiary/aromatic N) is 1. The second kappa shape index (κ2) is 4.78. The van der Waals surface area contributed by atoms with Gasteiger partial charge in [-0.3, -0.25) is 0 Å². The highest BCUT2D eigenvalue weighted by Crippen LogP contribution is 2.17. The van der Waals surface area contributed by atoms with Gasteiger partial charge in [-0.1, -0.05) is 42.5 Å². The standard InChI is InChI=1S/C14H13NO/c15-8-7-14(16)10-11-5-6-12-3-1-2-4-13(12)9-11/h1-6,9,14,16H,7,10H2/t14-/m1/s1. The Bertz CT molecular complexity index is 527. The molecule has 16 heavy (non-hydrogen) atoms. The molecule has 0 aromatic heterocycles. The van der Waals surface area contributed by atoms with Gasteiger partial charge in [0.25, 0.3) is 0 Å². The van der Waals surface area contributed by atoms with E-state index in [0.717, 1.165) is 5.56 Å². The van der Waals surface area contributed by atoms with Gasteiger partial charge in [-0.05, 0) is 22.8 Å². The summed E-state index contributed by atoms with van der Waals surface area (Å²) in [6.07, 6.45) is 0.164. The topological polar surface area (TPSA) is 44.0 Å². The average Bonchev–Trinajstić information content (AvgIpc) is 2.29. The number of fused-ring (bicyclic) bond motifs is 1. The van der Waals surface area contributed by atoms with E-state index in [-0.39, 0.29) is 6.42 Å². The maximum absolute atomic E-state index is 9.55. The fraction of sp³-hybridized carbons (Fsp3) is 0.214. The lowest BCUT2D eigenvalue weighted by Crippen LogP contribution is -2.08. The third-order valence-corrected chi connectivity index (χ3v) is 2.61. The van der Waals surface area contributed by atoms with E-state index in [1.54, 1.807) is 0 Å². The molecule has 2 rings (SSSR count). The summed E-state index contributed by atoms with van der Waals surface area (Å²) >= 11 is 0. The van der Waals surface area contributed by atoms with E-state index in [4.69, 9.17) is 5.26 Å². The van der Waals surface area contributed by atoms with Gasteiger partial charge in [0.15, 0.2) is 0 Å². The second-order valence-corrected chi connectivity index (χ2v) is 3.90. The molecule has 2 heteroatoms. The molecule has 0 fully saturated rings. The highest BCUT2D eigenvalue weighted by Gasteiger charge is 2.05. The van der Waals surface area contributed by atoms with Crippen molar-refractivity contribution in [1.82, 2.24) is 0 Å². The van der Waals surface area contributed by atoms with Gasteiger partial charge < -0.3 is 5.11 Å². The van der Waals surface area contributed by atoms with Crippen LogP contribution >= 0.6 is 0 Å². The van der Waals surface area contributed by atoms with Gasteiger partial charge >= 0.3 is 0 Å². The van der Waals surface area contributed by atoms with E-state index in [2.05, 4.69) is 18.2 Å². The van der Waals surface area contributed by atoms with Crippen molar-refractivity contribution in [3.05, 3.63) is 48.0 Å². The molecular formula is C14H13NO. The zero-order valence-corrected chi connectivity index (χ0v) is 8.93. The average molecular weight is 211 g/mol. The van der Waals surface area contributed by atoms with Crippen molar-refractivity contribution in [2.24, 2.45) is 0 Å². The number of hydrogen-bond donors (Lipinski definition) is 1. The first-order valence-corrected chi connectivity index (χ1v) is 5.32. The molecule has 0 aliphatic heterocycles. The van der Waals surface area contributed by atoms with Gasteiger partial charge in [0.05, 0.1) is 18.6 Å². The SMILES string of the molecule is N#CC[C@@H](O)Cc1ccc2ccccc2c1. The summed E-state index contributed by atoms with van der Waals surface area (Å²) in [6, 6.07) is 16.2. The molecule has 0 amide bonds. The fourth-order valence-electron chi connectivity index (χ4n) is 1.82. The maximum Gasteiger partial charge on any atom is 0.0710 e. The van der Waals surface area contributed by atoms with Crippen LogP contribution in [0, 0.1) is 11.3 Å². The number of aliphatic hydroxyl groups is 1. The van der Waals surface area contributed by atoms with Gasteiger partial charge in [0.2, 0.25) is 0 Å². The molecule has 0 bridgehead atoms. The van der Waals surface area contributed by atoms with Crippen molar-refractivity contribution in [2.45, 2.75) is 18.9 Å². The maximum atomic E-state index is 9.55. The fourth-order valence-corrected chi connectivity index (χ4v) is 1.82. The highest BCUT2D eigenvalue weighted by atomic mass is 16.3. The number of benzene rings is 2. The number of aliphatic hydroxyl groups excluding tert-OH is 1. The van der Waals surface area contributed by atoms with Crippen molar-refractivity contribution in [1.29, 1.82) is 5.26 Å². The van der Waals surface area contributed by atoms with E-state index < -0.39 is 6.10 Å². The predicted molar refractivity (Wildman–Crippen MR) is 63.9 cm³/mol. The van der Waals surface area contributed by atoms with Crippen LogP contribution in [0.2, 0.25) is 0 Å². The van der Waals surface area contributed by atoms with Gasteiger partial charge in [0, 0.05) is 0 Å². The molecule has 0 spiro atoms. The molecule has 0 radical (unpaired) electrons. The summed E-state index contributed by atoms with van der Waals surface area (Å²) < 4.78 is 0. The van der Waals surface area contributed by atoms with E-state index in [1.807, 2.05) is 30.3 Å². The number of rotatable bonds is 3. The van der Waals surface area contributed by atoms with Crippen LogP contribution in [0.4, 0.5) is 0 Å². The Labute approximate surface area is 94.8 Å². The Balaban J connectivity index is 2.23. The Morgan fingerprint density at radius 1 is 1.12 bits per heavy atom. The molecule has 80 valence electrons. The Kier molecular flexibility index (Phi) is 3.19. The van der Waals surface area contributed by atoms with Crippen molar-refractivity contribution < 1.29 is 5.11 Å². The lowest BCUT2D eigenvalue weighted by atomic mass is 10.0. The summed E-state index contributed by atoms with van der Waals surface area (Å²) in [4.78, 5) is 0. The van der Waals surface area contributed by atoms with Gasteiger partial charge in [-0.25, -0.2) is 0 Å². The van der Waals surface area contributed by atoms with E-state index in [0.29, 0.717) is 6.42 Å². The molecule has 1 atom stereocenters. The van der Waals surface area contributed by atoms with Crippen molar-refractivity contribution in [3.8, 4) is 6.07 Å².